The fraction of sp³-hybridized carbons (Fsp3) is 0.192. The van der Waals surface area contributed by atoms with Crippen LogP contribution in [0.15, 0.2) is 72.0 Å². The average molecular weight is 568 g/mol. The summed E-state index contributed by atoms with van der Waals surface area (Å²) in [7, 11) is -2.71. The van der Waals surface area contributed by atoms with Crippen molar-refractivity contribution in [3.05, 3.63) is 89.1 Å². The third-order valence-corrected chi connectivity index (χ3v) is 6.65. The van der Waals surface area contributed by atoms with Gasteiger partial charge in [-0.15, -0.1) is 0 Å². The number of nitrogens with zero attached hydrogens (tertiary/aromatic N) is 3. The van der Waals surface area contributed by atoms with Gasteiger partial charge >= 0.3 is 12.4 Å². The number of hydrogen-bond donors (Lipinski definition) is 0. The first-order valence-corrected chi connectivity index (χ1v) is 13.0. The van der Waals surface area contributed by atoms with Crippen molar-refractivity contribution >= 4 is 26.5 Å². The first-order chi connectivity index (χ1) is 18.1. The molecule has 0 saturated carbocycles. The molecule has 4 rings (SSSR count). The summed E-state index contributed by atoms with van der Waals surface area (Å²) in [5.74, 6) is -0.844. The van der Waals surface area contributed by atoms with E-state index in [2.05, 4.69) is 9.97 Å². The Hall–Kier alpha value is -4.00. The predicted molar refractivity (Wildman–Crippen MR) is 130 cm³/mol. The van der Waals surface area contributed by atoms with Crippen LogP contribution in [0.3, 0.4) is 0 Å². The van der Waals surface area contributed by atoms with Crippen molar-refractivity contribution in [2.24, 2.45) is 0 Å². The molecule has 0 bridgehead atoms. The first-order valence-electron chi connectivity index (χ1n) is 11.1. The number of amides is 1. The van der Waals surface area contributed by atoms with Gasteiger partial charge in [-0.05, 0) is 34.5 Å². The Balaban J connectivity index is 1.81. The number of alkyl halides is 6. The number of rotatable bonds is 5. The van der Waals surface area contributed by atoms with Crippen LogP contribution < -0.4 is 0 Å². The molecule has 1 amide bonds. The van der Waals surface area contributed by atoms with Crippen molar-refractivity contribution in [3.8, 4) is 11.3 Å². The average Bonchev–Trinajstić information content (AvgIpc) is 2.85. The Bertz CT molecular complexity index is 1650. The Labute approximate surface area is 218 Å². The molecule has 3 aromatic carbocycles. The van der Waals surface area contributed by atoms with E-state index >= 15 is 0 Å². The molecule has 13 heteroatoms. The molecule has 0 spiro atoms. The highest BCUT2D eigenvalue weighted by atomic mass is 32.2. The van der Waals surface area contributed by atoms with Crippen molar-refractivity contribution in [1.82, 2.24) is 14.9 Å². The molecular formula is C26H19F6N3O3S. The molecule has 0 aliphatic heterocycles. The largest absolute Gasteiger partial charge is 0.416 e. The maximum atomic E-state index is 13.5. The quantitative estimate of drug-likeness (QED) is 0.218. The maximum absolute atomic E-state index is 13.5. The van der Waals surface area contributed by atoms with Gasteiger partial charge in [0.15, 0.2) is 0 Å². The second-order valence-electron chi connectivity index (χ2n) is 8.79. The highest BCUT2D eigenvalue weighted by Gasteiger charge is 2.37. The van der Waals surface area contributed by atoms with Crippen LogP contribution in [0.4, 0.5) is 26.3 Å². The Morgan fingerprint density at radius 2 is 1.49 bits per heavy atom. The van der Waals surface area contributed by atoms with Crippen LogP contribution in [-0.2, 0) is 28.7 Å². The van der Waals surface area contributed by atoms with Gasteiger partial charge in [0.05, 0.1) is 22.4 Å². The summed E-state index contributed by atoms with van der Waals surface area (Å²) in [4.78, 5) is 22.3. The molecule has 0 fully saturated rings. The van der Waals surface area contributed by atoms with Crippen LogP contribution >= 0.6 is 0 Å². The molecule has 0 aliphatic carbocycles. The van der Waals surface area contributed by atoms with Crippen LogP contribution in [0, 0.1) is 0 Å². The maximum Gasteiger partial charge on any atom is 0.416 e. The van der Waals surface area contributed by atoms with Crippen molar-refractivity contribution in [2.75, 3.05) is 13.3 Å². The van der Waals surface area contributed by atoms with E-state index in [9.17, 15) is 39.6 Å². The molecule has 1 heterocycles. The number of carbonyl (C=O) groups is 1. The SMILES string of the molecule is CN(Cc1cc(C(F)(F)F)cc(C(F)(F)F)c1)C(=O)c1cnc(S(C)(=O)=O)nc1-c1cccc2ccccc12. The third-order valence-electron chi connectivity index (χ3n) is 5.79. The third kappa shape index (κ3) is 6.03. The van der Waals surface area contributed by atoms with Crippen molar-refractivity contribution in [1.29, 1.82) is 0 Å². The van der Waals surface area contributed by atoms with Gasteiger partial charge < -0.3 is 4.90 Å². The number of carbonyl (C=O) groups excluding carboxylic acids is 1. The number of fused-ring (bicyclic) bond motifs is 1. The minimum atomic E-state index is -5.05. The lowest BCUT2D eigenvalue weighted by molar-refractivity contribution is -0.143. The van der Waals surface area contributed by atoms with Crippen LogP contribution in [0.2, 0.25) is 0 Å². The Kier molecular flexibility index (Phi) is 7.15. The number of benzene rings is 3. The lowest BCUT2D eigenvalue weighted by Gasteiger charge is -2.21. The van der Waals surface area contributed by atoms with Gasteiger partial charge in [0, 0.05) is 31.6 Å². The minimum Gasteiger partial charge on any atom is -0.337 e. The smallest absolute Gasteiger partial charge is 0.337 e. The second kappa shape index (κ2) is 9.95. The Morgan fingerprint density at radius 1 is 0.897 bits per heavy atom. The molecule has 6 nitrogen and oxygen atoms in total. The number of halogens is 6. The number of aromatic nitrogens is 2. The van der Waals surface area contributed by atoms with E-state index < -0.39 is 56.5 Å². The highest BCUT2D eigenvalue weighted by Crippen LogP contribution is 2.37. The number of hydrogen-bond acceptors (Lipinski definition) is 5. The molecule has 4 aromatic rings. The minimum absolute atomic E-state index is 0.00168. The summed E-state index contributed by atoms with van der Waals surface area (Å²) >= 11 is 0. The second-order valence-corrected chi connectivity index (χ2v) is 10.7. The lowest BCUT2D eigenvalue weighted by Crippen LogP contribution is -2.28. The molecule has 1 aromatic heterocycles. The zero-order chi connectivity index (χ0) is 28.8. The van der Waals surface area contributed by atoms with Crippen molar-refractivity contribution in [3.63, 3.8) is 0 Å². The lowest BCUT2D eigenvalue weighted by atomic mass is 9.99. The van der Waals surface area contributed by atoms with Gasteiger partial charge in [-0.3, -0.25) is 4.79 Å². The zero-order valence-electron chi connectivity index (χ0n) is 20.3. The van der Waals surface area contributed by atoms with Crippen molar-refractivity contribution < 1.29 is 39.6 Å². The fourth-order valence-corrected chi connectivity index (χ4v) is 4.50. The summed E-state index contributed by atoms with van der Waals surface area (Å²) in [5, 5.41) is 0.824. The van der Waals surface area contributed by atoms with Gasteiger partial charge in [0.2, 0.25) is 15.0 Å². The van der Waals surface area contributed by atoms with Crippen LogP contribution in [0.25, 0.3) is 22.0 Å². The number of sulfone groups is 1. The van der Waals surface area contributed by atoms with Crippen molar-refractivity contribution in [2.45, 2.75) is 24.1 Å². The summed E-state index contributed by atoms with van der Waals surface area (Å²) in [6.07, 6.45) is -8.23. The summed E-state index contributed by atoms with van der Waals surface area (Å²) in [6.45, 7) is -0.616. The molecule has 0 aliphatic rings. The van der Waals surface area contributed by atoms with Gasteiger partial charge in [0.25, 0.3) is 5.91 Å². The molecular weight excluding hydrogens is 548 g/mol. The van der Waals surface area contributed by atoms with E-state index in [1.807, 2.05) is 0 Å². The first kappa shape index (κ1) is 28.0. The molecule has 0 radical (unpaired) electrons. The van der Waals surface area contributed by atoms with E-state index in [0.29, 0.717) is 23.1 Å². The van der Waals surface area contributed by atoms with E-state index in [1.54, 1.807) is 42.5 Å². The van der Waals surface area contributed by atoms with Gasteiger partial charge in [-0.1, -0.05) is 42.5 Å². The van der Waals surface area contributed by atoms with E-state index in [4.69, 9.17) is 0 Å². The van der Waals surface area contributed by atoms with Gasteiger partial charge in [-0.2, -0.15) is 26.3 Å². The summed E-state index contributed by atoms with van der Waals surface area (Å²) in [5.41, 5.74) is -3.29. The molecule has 204 valence electrons. The molecule has 0 N–H and O–H groups in total. The van der Waals surface area contributed by atoms with E-state index in [-0.39, 0.29) is 17.3 Å². The standard InChI is InChI=1S/C26H19F6N3O3S/c1-35(14-15-10-17(25(27,28)29)12-18(11-15)26(30,31)32)23(36)21-13-33-24(39(2,37)38)34-22(21)20-9-5-7-16-6-3-4-8-19(16)20/h3-13H,14H2,1-2H3. The van der Waals surface area contributed by atoms with E-state index in [0.717, 1.165) is 22.7 Å². The summed E-state index contributed by atoms with van der Waals surface area (Å²) < 4.78 is 104. The summed E-state index contributed by atoms with van der Waals surface area (Å²) in [6, 6.07) is 13.2. The van der Waals surface area contributed by atoms with Gasteiger partial charge in [-0.25, -0.2) is 18.4 Å². The monoisotopic (exact) mass is 567 g/mol. The van der Waals surface area contributed by atoms with Crippen LogP contribution in [-0.4, -0.2) is 42.5 Å². The highest BCUT2D eigenvalue weighted by molar-refractivity contribution is 7.90. The molecule has 0 saturated heterocycles. The van der Waals surface area contributed by atoms with E-state index in [1.165, 1.54) is 7.05 Å². The van der Waals surface area contributed by atoms with Gasteiger partial charge in [0.1, 0.15) is 0 Å². The zero-order valence-corrected chi connectivity index (χ0v) is 21.1. The molecule has 0 atom stereocenters. The Morgan fingerprint density at radius 3 is 2.08 bits per heavy atom. The fourth-order valence-electron chi connectivity index (χ4n) is 4.00. The normalized spacial score (nSPS) is 12.5. The predicted octanol–water partition coefficient (Wildman–Crippen LogP) is 6.01. The van der Waals surface area contributed by atoms with Crippen LogP contribution in [0.1, 0.15) is 27.0 Å². The molecule has 0 unspecified atom stereocenters. The van der Waals surface area contributed by atoms with Crippen LogP contribution in [0.5, 0.6) is 0 Å². The molecule has 39 heavy (non-hydrogen) atoms. The topological polar surface area (TPSA) is 80.2 Å².